The lowest BCUT2D eigenvalue weighted by Crippen LogP contribution is -2.40. The minimum atomic E-state index is -0.985. The van der Waals surface area contributed by atoms with E-state index in [4.69, 9.17) is 27.9 Å². The summed E-state index contributed by atoms with van der Waals surface area (Å²) in [6.07, 6.45) is 1.53. The van der Waals surface area contributed by atoms with E-state index in [1.165, 1.54) is 6.07 Å². The van der Waals surface area contributed by atoms with E-state index in [0.29, 0.717) is 0 Å². The highest BCUT2D eigenvalue weighted by Crippen LogP contribution is 2.23. The van der Waals surface area contributed by atoms with E-state index >= 15 is 0 Å². The molecule has 0 atom stereocenters. The highest BCUT2D eigenvalue weighted by molar-refractivity contribution is 6.31. The number of carbonyl (C=O) groups is 2. The summed E-state index contributed by atoms with van der Waals surface area (Å²) >= 11 is 5.67. The Balaban J connectivity index is 2.46. The lowest BCUT2D eigenvalue weighted by Gasteiger charge is -2.21. The van der Waals surface area contributed by atoms with Crippen LogP contribution >= 0.6 is 11.6 Å². The highest BCUT2D eigenvalue weighted by Gasteiger charge is 2.19. The summed E-state index contributed by atoms with van der Waals surface area (Å²) in [7, 11) is 0. The lowest BCUT2D eigenvalue weighted by atomic mass is 10.3. The minimum Gasteiger partial charge on any atom is -0.367 e. The maximum atomic E-state index is 13.2. The standard InChI is InChI=1S/C12H9ClFN5O4/c13-7-5-6(1-2-8(7)14)19-12(16)17-11(15)18-22-9(20)3-4-10(21)23-19/h1-5H,(H4,15,16,17,18)/b4-3-. The van der Waals surface area contributed by atoms with Crippen LogP contribution in [0.15, 0.2) is 40.5 Å². The molecule has 0 bridgehead atoms. The Morgan fingerprint density at radius 2 is 1.87 bits per heavy atom. The van der Waals surface area contributed by atoms with Gasteiger partial charge in [0, 0.05) is 12.2 Å². The number of nitrogens with two attached hydrogens (primary N) is 2. The van der Waals surface area contributed by atoms with Crippen molar-refractivity contribution in [3.8, 4) is 0 Å². The summed E-state index contributed by atoms with van der Waals surface area (Å²) in [5.74, 6) is -3.60. The van der Waals surface area contributed by atoms with Crippen LogP contribution in [0.2, 0.25) is 5.02 Å². The van der Waals surface area contributed by atoms with Crippen molar-refractivity contribution >= 4 is 41.1 Å². The number of halogens is 2. The van der Waals surface area contributed by atoms with Crippen molar-refractivity contribution in [2.75, 3.05) is 5.06 Å². The minimum absolute atomic E-state index is 0.0821. The topological polar surface area (TPSA) is 133 Å². The Labute approximate surface area is 133 Å². The molecule has 1 heterocycles. The zero-order valence-electron chi connectivity index (χ0n) is 11.3. The predicted octanol–water partition coefficient (Wildman–Crippen LogP) is 0.401. The maximum Gasteiger partial charge on any atom is 0.359 e. The van der Waals surface area contributed by atoms with Crippen molar-refractivity contribution in [3.05, 3.63) is 41.2 Å². The first kappa shape index (κ1) is 16.2. The number of carbonyl (C=O) groups excluding carboxylic acids is 2. The molecule has 1 aromatic carbocycles. The number of anilines is 1. The van der Waals surface area contributed by atoms with E-state index < -0.39 is 29.7 Å². The molecule has 11 heteroatoms. The molecule has 0 radical (unpaired) electrons. The van der Waals surface area contributed by atoms with Gasteiger partial charge in [-0.05, 0) is 23.4 Å². The van der Waals surface area contributed by atoms with E-state index in [1.54, 1.807) is 0 Å². The van der Waals surface area contributed by atoms with Crippen LogP contribution in [0.4, 0.5) is 10.1 Å². The molecule has 0 spiro atoms. The van der Waals surface area contributed by atoms with Crippen LogP contribution in [0.25, 0.3) is 0 Å². The molecule has 0 aliphatic carbocycles. The summed E-state index contributed by atoms with van der Waals surface area (Å²) in [5, 5.41) is 3.68. The second kappa shape index (κ2) is 6.75. The second-order valence-corrected chi connectivity index (χ2v) is 4.37. The van der Waals surface area contributed by atoms with Gasteiger partial charge in [0.1, 0.15) is 5.82 Å². The molecule has 0 aromatic heterocycles. The van der Waals surface area contributed by atoms with Crippen LogP contribution in [0, 0.1) is 5.82 Å². The Morgan fingerprint density at radius 1 is 1.17 bits per heavy atom. The first-order valence-corrected chi connectivity index (χ1v) is 6.28. The maximum absolute atomic E-state index is 13.2. The van der Waals surface area contributed by atoms with E-state index in [1.807, 2.05) is 0 Å². The summed E-state index contributed by atoms with van der Waals surface area (Å²) in [5.41, 5.74) is 11.1. The summed E-state index contributed by atoms with van der Waals surface area (Å²) in [4.78, 5) is 35.7. The van der Waals surface area contributed by atoms with Gasteiger partial charge >= 0.3 is 11.9 Å². The summed E-state index contributed by atoms with van der Waals surface area (Å²) < 4.78 is 13.2. The molecular weight excluding hydrogens is 333 g/mol. The number of guanidine groups is 2. The number of rotatable bonds is 1. The zero-order chi connectivity index (χ0) is 17.0. The molecule has 1 aliphatic rings. The molecule has 2 rings (SSSR count). The molecule has 0 saturated heterocycles. The van der Waals surface area contributed by atoms with Crippen molar-refractivity contribution in [2.45, 2.75) is 0 Å². The van der Waals surface area contributed by atoms with E-state index in [2.05, 4.69) is 15.0 Å². The van der Waals surface area contributed by atoms with Gasteiger partial charge in [-0.3, -0.25) is 0 Å². The van der Waals surface area contributed by atoms with Crippen molar-refractivity contribution in [3.63, 3.8) is 0 Å². The molecule has 0 amide bonds. The van der Waals surface area contributed by atoms with Gasteiger partial charge in [0.15, 0.2) is 0 Å². The van der Waals surface area contributed by atoms with Gasteiger partial charge in [-0.1, -0.05) is 11.6 Å². The van der Waals surface area contributed by atoms with E-state index in [9.17, 15) is 14.0 Å². The van der Waals surface area contributed by atoms with Gasteiger partial charge < -0.3 is 21.1 Å². The Kier molecular flexibility index (Phi) is 4.76. The molecule has 0 saturated carbocycles. The number of hydrogen-bond acceptors (Lipinski definition) is 9. The third-order valence-corrected chi connectivity index (χ3v) is 2.63. The van der Waals surface area contributed by atoms with Gasteiger partial charge in [-0.2, -0.15) is 4.99 Å². The SMILES string of the molecule is NC1=N\OC(=O)/C=C\C(=O)ON(c2ccc(F)c(Cl)c2)\C(N)=N\1. The molecule has 1 aliphatic heterocycles. The molecule has 120 valence electrons. The highest BCUT2D eigenvalue weighted by atomic mass is 35.5. The van der Waals surface area contributed by atoms with Crippen LogP contribution in [-0.4, -0.2) is 23.9 Å². The normalized spacial score (nSPS) is 21.9. The number of aliphatic imine (C=N–C) groups is 1. The fraction of sp³-hybridized carbons (Fsp3) is 0. The third kappa shape index (κ3) is 4.17. The summed E-state index contributed by atoms with van der Waals surface area (Å²) in [6.45, 7) is 0. The predicted molar refractivity (Wildman–Crippen MR) is 78.5 cm³/mol. The zero-order valence-corrected chi connectivity index (χ0v) is 12.0. The van der Waals surface area contributed by atoms with Crippen molar-refractivity contribution in [1.29, 1.82) is 0 Å². The van der Waals surface area contributed by atoms with Gasteiger partial charge in [-0.25, -0.2) is 14.0 Å². The molecule has 23 heavy (non-hydrogen) atoms. The Morgan fingerprint density at radius 3 is 2.57 bits per heavy atom. The first-order valence-electron chi connectivity index (χ1n) is 5.90. The molecular formula is C12H9ClFN5O4. The van der Waals surface area contributed by atoms with Crippen molar-refractivity contribution in [1.82, 2.24) is 0 Å². The number of benzene rings is 1. The Bertz CT molecular complexity index is 749. The van der Waals surface area contributed by atoms with Crippen LogP contribution < -0.4 is 16.5 Å². The Hall–Kier alpha value is -3.14. The fourth-order valence-corrected chi connectivity index (χ4v) is 1.58. The molecule has 4 N–H and O–H groups in total. The number of hydrogen-bond donors (Lipinski definition) is 2. The molecule has 0 fully saturated rings. The largest absolute Gasteiger partial charge is 0.367 e. The van der Waals surface area contributed by atoms with Crippen LogP contribution in [0.1, 0.15) is 0 Å². The second-order valence-electron chi connectivity index (χ2n) is 3.97. The van der Waals surface area contributed by atoms with Crippen LogP contribution in [0.5, 0.6) is 0 Å². The fourth-order valence-electron chi connectivity index (χ4n) is 1.40. The van der Waals surface area contributed by atoms with E-state index in [0.717, 1.165) is 29.3 Å². The van der Waals surface area contributed by atoms with Gasteiger partial charge in [0.2, 0.25) is 5.96 Å². The summed E-state index contributed by atoms with van der Waals surface area (Å²) in [6, 6.07) is 3.41. The van der Waals surface area contributed by atoms with Crippen molar-refractivity contribution in [2.24, 2.45) is 21.6 Å². The van der Waals surface area contributed by atoms with Crippen LogP contribution in [-0.2, 0) is 19.3 Å². The molecule has 9 nitrogen and oxygen atoms in total. The number of hydroxylamine groups is 1. The van der Waals surface area contributed by atoms with E-state index in [-0.39, 0.29) is 10.7 Å². The number of nitrogens with zero attached hydrogens (tertiary/aromatic N) is 3. The van der Waals surface area contributed by atoms with Gasteiger partial charge in [0.25, 0.3) is 5.96 Å². The molecule has 1 aromatic rings. The third-order valence-electron chi connectivity index (χ3n) is 2.34. The number of oxime groups is 1. The average molecular weight is 342 g/mol. The van der Waals surface area contributed by atoms with Crippen molar-refractivity contribution < 1.29 is 23.7 Å². The molecule has 0 unspecified atom stereocenters. The monoisotopic (exact) mass is 341 g/mol. The van der Waals surface area contributed by atoms with Gasteiger partial charge in [0.05, 0.1) is 10.7 Å². The lowest BCUT2D eigenvalue weighted by molar-refractivity contribution is -0.140. The average Bonchev–Trinajstić information content (AvgIpc) is 2.52. The smallest absolute Gasteiger partial charge is 0.359 e. The first-order chi connectivity index (χ1) is 10.9. The quantitative estimate of drug-likeness (QED) is 0.706. The van der Waals surface area contributed by atoms with Gasteiger partial charge in [-0.15, -0.1) is 5.06 Å². The van der Waals surface area contributed by atoms with Crippen LogP contribution in [0.3, 0.4) is 0 Å².